The molecule has 13 heavy (non-hydrogen) atoms. The van der Waals surface area contributed by atoms with Crippen molar-refractivity contribution in [2.24, 2.45) is 0 Å². The van der Waals surface area contributed by atoms with Gasteiger partial charge in [0.1, 0.15) is 6.42 Å². The number of carboxylic acids is 2. The largest absolute Gasteiger partial charge is 0.481 e. The van der Waals surface area contributed by atoms with E-state index in [-0.39, 0.29) is 0 Å². The molecule has 1 fully saturated rings. The average Bonchev–Trinajstić information content (AvgIpc) is 2.37. The molecule has 1 unspecified atom stereocenters. The highest BCUT2D eigenvalue weighted by Gasteiger charge is 2.07. The van der Waals surface area contributed by atoms with E-state index in [1.165, 1.54) is 12.8 Å². The maximum atomic E-state index is 9.43. The summed E-state index contributed by atoms with van der Waals surface area (Å²) < 4.78 is 5.15. The van der Waals surface area contributed by atoms with Gasteiger partial charge in [0, 0.05) is 6.61 Å². The Labute approximate surface area is 76.3 Å². The lowest BCUT2D eigenvalue weighted by molar-refractivity contribution is -0.147. The fourth-order valence-corrected chi connectivity index (χ4v) is 0.868. The molecule has 2 N–H and O–H groups in total. The quantitative estimate of drug-likeness (QED) is 0.627. The van der Waals surface area contributed by atoms with Gasteiger partial charge in [0.15, 0.2) is 0 Å². The van der Waals surface area contributed by atoms with Crippen molar-refractivity contribution >= 4 is 11.9 Å². The Bertz CT molecular complexity index is 159. The highest BCUT2D eigenvalue weighted by atomic mass is 16.5. The van der Waals surface area contributed by atoms with Crippen molar-refractivity contribution in [3.63, 3.8) is 0 Å². The van der Waals surface area contributed by atoms with Crippen LogP contribution < -0.4 is 0 Å². The van der Waals surface area contributed by atoms with Gasteiger partial charge in [-0.3, -0.25) is 9.59 Å². The van der Waals surface area contributed by atoms with Gasteiger partial charge in [-0.05, 0) is 19.8 Å². The molecule has 1 rings (SSSR count). The van der Waals surface area contributed by atoms with Crippen molar-refractivity contribution in [1.29, 1.82) is 0 Å². The molecule has 0 aromatic heterocycles. The van der Waals surface area contributed by atoms with Crippen molar-refractivity contribution < 1.29 is 24.5 Å². The molecule has 0 amide bonds. The summed E-state index contributed by atoms with van der Waals surface area (Å²) in [5, 5.41) is 15.4. The summed E-state index contributed by atoms with van der Waals surface area (Å²) >= 11 is 0. The summed E-state index contributed by atoms with van der Waals surface area (Å²) in [5.41, 5.74) is 0. The number of carbonyl (C=O) groups is 2. The first-order chi connectivity index (χ1) is 6.02. The second kappa shape index (κ2) is 6.42. The minimum Gasteiger partial charge on any atom is -0.481 e. The first-order valence-electron chi connectivity index (χ1n) is 4.07. The Balaban J connectivity index is 0.000000223. The van der Waals surface area contributed by atoms with Crippen LogP contribution in [0.15, 0.2) is 0 Å². The van der Waals surface area contributed by atoms with Crippen LogP contribution in [-0.4, -0.2) is 34.9 Å². The van der Waals surface area contributed by atoms with Gasteiger partial charge in [0.05, 0.1) is 6.10 Å². The van der Waals surface area contributed by atoms with Gasteiger partial charge in [0.2, 0.25) is 0 Å². The van der Waals surface area contributed by atoms with E-state index in [2.05, 4.69) is 6.92 Å². The van der Waals surface area contributed by atoms with Crippen LogP contribution in [0.1, 0.15) is 26.2 Å². The number of carboxylic acid groups (broad SMARTS) is 2. The fraction of sp³-hybridized carbons (Fsp3) is 0.750. The number of hydrogen-bond acceptors (Lipinski definition) is 3. The lowest BCUT2D eigenvalue weighted by Gasteiger charge is -1.94. The molecule has 0 bridgehead atoms. The monoisotopic (exact) mass is 190 g/mol. The molecule has 1 saturated heterocycles. The van der Waals surface area contributed by atoms with Gasteiger partial charge in [-0.15, -0.1) is 0 Å². The lowest BCUT2D eigenvalue weighted by Crippen LogP contribution is -2.03. The highest BCUT2D eigenvalue weighted by Crippen LogP contribution is 2.09. The Morgan fingerprint density at radius 1 is 1.38 bits per heavy atom. The van der Waals surface area contributed by atoms with Crippen molar-refractivity contribution in [1.82, 2.24) is 0 Å². The van der Waals surface area contributed by atoms with Crippen LogP contribution in [0.25, 0.3) is 0 Å². The summed E-state index contributed by atoms with van der Waals surface area (Å²) in [4.78, 5) is 18.9. The molecule has 0 aromatic rings. The second-order valence-electron chi connectivity index (χ2n) is 2.79. The second-order valence-corrected chi connectivity index (χ2v) is 2.79. The molecule has 0 aromatic carbocycles. The van der Waals surface area contributed by atoms with Crippen LogP contribution in [0.5, 0.6) is 0 Å². The van der Waals surface area contributed by atoms with Gasteiger partial charge in [-0.2, -0.15) is 0 Å². The zero-order valence-electron chi connectivity index (χ0n) is 7.52. The first kappa shape index (κ1) is 11.9. The van der Waals surface area contributed by atoms with Gasteiger partial charge in [0.25, 0.3) is 0 Å². The van der Waals surface area contributed by atoms with E-state index in [4.69, 9.17) is 14.9 Å². The van der Waals surface area contributed by atoms with Crippen LogP contribution in [0, 0.1) is 0 Å². The predicted octanol–water partition coefficient (Wildman–Crippen LogP) is 0.731. The molecular weight excluding hydrogens is 176 g/mol. The standard InChI is InChI=1S/C5H10O.C3H4O4/c1-5-3-2-4-6-5;4-2(5)1-3(6)7/h5H,2-4H2,1H3;1H2,(H,4,5)(H,6,7). The molecule has 1 heterocycles. The Morgan fingerprint density at radius 2 is 1.92 bits per heavy atom. The van der Waals surface area contributed by atoms with E-state index in [0.29, 0.717) is 6.10 Å². The summed E-state index contributed by atoms with van der Waals surface area (Å²) in [6, 6.07) is 0. The van der Waals surface area contributed by atoms with E-state index in [1.807, 2.05) is 0 Å². The highest BCUT2D eigenvalue weighted by molar-refractivity contribution is 5.88. The number of rotatable bonds is 2. The van der Waals surface area contributed by atoms with E-state index in [1.54, 1.807) is 0 Å². The first-order valence-corrected chi connectivity index (χ1v) is 4.07. The molecule has 1 atom stereocenters. The fourth-order valence-electron chi connectivity index (χ4n) is 0.868. The predicted molar refractivity (Wildman–Crippen MR) is 44.5 cm³/mol. The normalized spacial score (nSPS) is 20.2. The third-order valence-electron chi connectivity index (χ3n) is 1.46. The maximum absolute atomic E-state index is 9.43. The van der Waals surface area contributed by atoms with E-state index in [0.717, 1.165) is 6.61 Å². The number of aliphatic carboxylic acids is 2. The summed E-state index contributed by atoms with van der Waals surface area (Å²) in [6.07, 6.45) is 2.27. The maximum Gasteiger partial charge on any atom is 0.314 e. The summed E-state index contributed by atoms with van der Waals surface area (Å²) in [5.74, 6) is -2.62. The zero-order chi connectivity index (χ0) is 10.3. The third-order valence-corrected chi connectivity index (χ3v) is 1.46. The van der Waals surface area contributed by atoms with E-state index < -0.39 is 18.4 Å². The molecule has 5 nitrogen and oxygen atoms in total. The summed E-state index contributed by atoms with van der Waals surface area (Å²) in [6.45, 7) is 3.11. The Hall–Kier alpha value is -1.10. The minimum atomic E-state index is -1.31. The van der Waals surface area contributed by atoms with Gasteiger partial charge >= 0.3 is 11.9 Å². The van der Waals surface area contributed by atoms with Crippen molar-refractivity contribution in [2.45, 2.75) is 32.3 Å². The SMILES string of the molecule is CC1CCCO1.O=C(O)CC(=O)O. The molecule has 5 heteroatoms. The minimum absolute atomic E-state index is 0.546. The molecule has 0 spiro atoms. The van der Waals surface area contributed by atoms with Crippen LogP contribution in [0.4, 0.5) is 0 Å². The molecule has 0 radical (unpaired) electrons. The molecule has 0 aliphatic carbocycles. The van der Waals surface area contributed by atoms with Crippen molar-refractivity contribution in [3.8, 4) is 0 Å². The van der Waals surface area contributed by atoms with Crippen molar-refractivity contribution in [3.05, 3.63) is 0 Å². The van der Waals surface area contributed by atoms with Gasteiger partial charge in [-0.25, -0.2) is 0 Å². The van der Waals surface area contributed by atoms with Crippen LogP contribution in [-0.2, 0) is 14.3 Å². The smallest absolute Gasteiger partial charge is 0.314 e. The number of ether oxygens (including phenoxy) is 1. The van der Waals surface area contributed by atoms with Gasteiger partial charge < -0.3 is 14.9 Å². The average molecular weight is 190 g/mol. The Morgan fingerprint density at radius 3 is 2.00 bits per heavy atom. The van der Waals surface area contributed by atoms with E-state index >= 15 is 0 Å². The van der Waals surface area contributed by atoms with E-state index in [9.17, 15) is 9.59 Å². The molecule has 76 valence electrons. The zero-order valence-corrected chi connectivity index (χ0v) is 7.52. The van der Waals surface area contributed by atoms with Crippen molar-refractivity contribution in [2.75, 3.05) is 6.61 Å². The Kier molecular flexibility index (Phi) is 5.88. The van der Waals surface area contributed by atoms with Gasteiger partial charge in [-0.1, -0.05) is 0 Å². The van der Waals surface area contributed by atoms with Crippen LogP contribution in [0.3, 0.4) is 0 Å². The molecule has 0 saturated carbocycles. The summed E-state index contributed by atoms with van der Waals surface area (Å²) in [7, 11) is 0. The molecular formula is C8H14O5. The lowest BCUT2D eigenvalue weighted by atomic mass is 10.3. The molecule has 1 aliphatic rings. The third kappa shape index (κ3) is 8.81. The molecule has 1 aliphatic heterocycles. The topological polar surface area (TPSA) is 83.8 Å². The number of hydrogen-bond donors (Lipinski definition) is 2. The van der Waals surface area contributed by atoms with Crippen LogP contribution in [0.2, 0.25) is 0 Å². The van der Waals surface area contributed by atoms with Crippen LogP contribution >= 0.6 is 0 Å².